The maximum atomic E-state index is 9.06. The molecular formula is C15H9BrClN3. The molecule has 0 atom stereocenters. The highest BCUT2D eigenvalue weighted by Crippen LogP contribution is 2.23. The van der Waals surface area contributed by atoms with E-state index in [0.717, 1.165) is 15.7 Å². The zero-order valence-corrected chi connectivity index (χ0v) is 12.7. The summed E-state index contributed by atoms with van der Waals surface area (Å²) < 4.78 is 0.893. The molecule has 0 amide bonds. The molecule has 3 nitrogen and oxygen atoms in total. The number of nitrogens with zero attached hydrogens (tertiary/aromatic N) is 2. The highest BCUT2D eigenvalue weighted by molar-refractivity contribution is 9.10. The maximum absolute atomic E-state index is 9.06. The van der Waals surface area contributed by atoms with Crippen molar-refractivity contribution in [2.24, 2.45) is 0 Å². The second-order valence-electron chi connectivity index (χ2n) is 4.07. The van der Waals surface area contributed by atoms with Crippen LogP contribution in [0.15, 0.2) is 40.9 Å². The van der Waals surface area contributed by atoms with Crippen LogP contribution in [-0.4, -0.2) is 0 Å². The maximum Gasteiger partial charge on any atom is 0.101 e. The summed E-state index contributed by atoms with van der Waals surface area (Å²) in [5.74, 6) is 0. The molecule has 0 aliphatic heterocycles. The molecule has 0 aromatic heterocycles. The second kappa shape index (κ2) is 6.43. The van der Waals surface area contributed by atoms with Crippen LogP contribution in [0.5, 0.6) is 0 Å². The molecule has 0 saturated carbocycles. The van der Waals surface area contributed by atoms with Crippen molar-refractivity contribution in [2.75, 3.05) is 5.32 Å². The van der Waals surface area contributed by atoms with Gasteiger partial charge < -0.3 is 5.32 Å². The molecule has 0 aliphatic rings. The van der Waals surface area contributed by atoms with Crippen LogP contribution in [0.2, 0.25) is 5.02 Å². The van der Waals surface area contributed by atoms with Crippen molar-refractivity contribution in [1.29, 1.82) is 10.5 Å². The van der Waals surface area contributed by atoms with Gasteiger partial charge in [0, 0.05) is 16.0 Å². The molecule has 0 heterocycles. The number of hydrogen-bond acceptors (Lipinski definition) is 3. The number of nitriles is 2. The van der Waals surface area contributed by atoms with E-state index in [1.165, 1.54) is 0 Å². The Labute approximate surface area is 130 Å². The molecule has 2 aromatic rings. The lowest BCUT2D eigenvalue weighted by Crippen LogP contribution is -2.02. The first kappa shape index (κ1) is 14.4. The fourth-order valence-corrected chi connectivity index (χ4v) is 2.32. The summed E-state index contributed by atoms with van der Waals surface area (Å²) in [6.07, 6.45) is 0. The van der Waals surface area contributed by atoms with Crippen molar-refractivity contribution in [3.05, 3.63) is 62.6 Å². The Balaban J connectivity index is 2.19. The van der Waals surface area contributed by atoms with Crippen molar-refractivity contribution in [3.63, 3.8) is 0 Å². The van der Waals surface area contributed by atoms with E-state index in [-0.39, 0.29) is 0 Å². The van der Waals surface area contributed by atoms with Crippen molar-refractivity contribution in [1.82, 2.24) is 0 Å². The topological polar surface area (TPSA) is 59.6 Å². The largest absolute Gasteiger partial charge is 0.380 e. The molecule has 0 fully saturated rings. The van der Waals surface area contributed by atoms with Crippen LogP contribution in [-0.2, 0) is 6.54 Å². The third-order valence-electron chi connectivity index (χ3n) is 2.75. The average Bonchev–Trinajstić information content (AvgIpc) is 2.46. The quantitative estimate of drug-likeness (QED) is 0.892. The van der Waals surface area contributed by atoms with Gasteiger partial charge in [-0.2, -0.15) is 10.5 Å². The SMILES string of the molecule is N#Cc1ccc(CNc2cc(Br)ccc2C#N)c(Cl)c1. The summed E-state index contributed by atoms with van der Waals surface area (Å²) in [4.78, 5) is 0. The number of nitrogens with one attached hydrogen (secondary N) is 1. The van der Waals surface area contributed by atoms with Crippen molar-refractivity contribution in [3.8, 4) is 12.1 Å². The molecule has 0 bridgehead atoms. The molecule has 98 valence electrons. The summed E-state index contributed by atoms with van der Waals surface area (Å²) in [6, 6.07) is 14.7. The van der Waals surface area contributed by atoms with Gasteiger partial charge in [-0.3, -0.25) is 0 Å². The first-order chi connectivity index (χ1) is 9.63. The predicted molar refractivity (Wildman–Crippen MR) is 82.4 cm³/mol. The van der Waals surface area contributed by atoms with Gasteiger partial charge in [-0.15, -0.1) is 0 Å². The van der Waals surface area contributed by atoms with Gasteiger partial charge >= 0.3 is 0 Å². The van der Waals surface area contributed by atoms with Gasteiger partial charge in [0.05, 0.1) is 22.9 Å². The number of anilines is 1. The van der Waals surface area contributed by atoms with Crippen LogP contribution in [0.4, 0.5) is 5.69 Å². The van der Waals surface area contributed by atoms with Crippen molar-refractivity contribution in [2.45, 2.75) is 6.54 Å². The third-order valence-corrected chi connectivity index (χ3v) is 3.60. The van der Waals surface area contributed by atoms with E-state index in [0.29, 0.717) is 22.7 Å². The first-order valence-electron chi connectivity index (χ1n) is 5.76. The van der Waals surface area contributed by atoms with Gasteiger partial charge in [0.2, 0.25) is 0 Å². The normalized spacial score (nSPS) is 9.60. The predicted octanol–water partition coefficient (Wildman–Crippen LogP) is 4.46. The van der Waals surface area contributed by atoms with Crippen LogP contribution >= 0.6 is 27.5 Å². The number of benzene rings is 2. The summed E-state index contributed by atoms with van der Waals surface area (Å²) in [5, 5.41) is 21.6. The third kappa shape index (κ3) is 3.30. The summed E-state index contributed by atoms with van der Waals surface area (Å²) in [6.45, 7) is 0.482. The molecular weight excluding hydrogens is 338 g/mol. The second-order valence-corrected chi connectivity index (χ2v) is 5.40. The monoisotopic (exact) mass is 345 g/mol. The van der Waals surface area contributed by atoms with Crippen LogP contribution in [0.1, 0.15) is 16.7 Å². The molecule has 0 aliphatic carbocycles. The van der Waals surface area contributed by atoms with Crippen molar-refractivity contribution < 1.29 is 0 Å². The minimum atomic E-state index is 0.482. The fraction of sp³-hybridized carbons (Fsp3) is 0.0667. The average molecular weight is 347 g/mol. The van der Waals surface area contributed by atoms with Gasteiger partial charge in [-0.05, 0) is 35.9 Å². The zero-order valence-electron chi connectivity index (χ0n) is 10.3. The lowest BCUT2D eigenvalue weighted by atomic mass is 10.1. The molecule has 20 heavy (non-hydrogen) atoms. The Hall–Kier alpha value is -2.01. The Kier molecular flexibility index (Phi) is 4.63. The van der Waals surface area contributed by atoms with Crippen LogP contribution in [0.25, 0.3) is 0 Å². The highest BCUT2D eigenvalue weighted by atomic mass is 79.9. The molecule has 5 heteroatoms. The van der Waals surface area contributed by atoms with Gasteiger partial charge in [-0.1, -0.05) is 33.6 Å². The Morgan fingerprint density at radius 3 is 2.55 bits per heavy atom. The minimum absolute atomic E-state index is 0.482. The molecule has 0 spiro atoms. The smallest absolute Gasteiger partial charge is 0.101 e. The standard InChI is InChI=1S/C15H9BrClN3/c16-13-4-3-11(8-19)15(6-13)20-9-12-2-1-10(7-18)5-14(12)17/h1-6,20H,9H2. The fourth-order valence-electron chi connectivity index (χ4n) is 1.71. The summed E-state index contributed by atoms with van der Waals surface area (Å²) in [5.41, 5.74) is 2.70. The highest BCUT2D eigenvalue weighted by Gasteiger charge is 2.05. The lowest BCUT2D eigenvalue weighted by Gasteiger charge is -2.10. The van der Waals surface area contributed by atoms with Gasteiger partial charge in [0.1, 0.15) is 6.07 Å². The minimum Gasteiger partial charge on any atom is -0.380 e. The van der Waals surface area contributed by atoms with E-state index in [4.69, 9.17) is 22.1 Å². The van der Waals surface area contributed by atoms with Gasteiger partial charge in [0.25, 0.3) is 0 Å². The van der Waals surface area contributed by atoms with Gasteiger partial charge in [-0.25, -0.2) is 0 Å². The van der Waals surface area contributed by atoms with Crippen molar-refractivity contribution >= 4 is 33.2 Å². The lowest BCUT2D eigenvalue weighted by molar-refractivity contribution is 1.14. The van der Waals surface area contributed by atoms with E-state index in [1.54, 1.807) is 24.3 Å². The van der Waals surface area contributed by atoms with E-state index in [9.17, 15) is 0 Å². The van der Waals surface area contributed by atoms with E-state index < -0.39 is 0 Å². The molecule has 0 radical (unpaired) electrons. The van der Waals surface area contributed by atoms with Crippen LogP contribution < -0.4 is 5.32 Å². The molecule has 2 aromatic carbocycles. The van der Waals surface area contributed by atoms with Gasteiger partial charge in [0.15, 0.2) is 0 Å². The summed E-state index contributed by atoms with van der Waals surface area (Å²) >= 11 is 9.49. The van der Waals surface area contributed by atoms with Crippen LogP contribution in [0, 0.1) is 22.7 Å². The zero-order chi connectivity index (χ0) is 14.5. The number of halogens is 2. The Morgan fingerprint density at radius 1 is 1.10 bits per heavy atom. The molecule has 1 N–H and O–H groups in total. The summed E-state index contributed by atoms with van der Waals surface area (Å²) in [7, 11) is 0. The molecule has 0 saturated heterocycles. The number of rotatable bonds is 3. The Bertz CT molecular complexity index is 729. The van der Waals surface area contributed by atoms with E-state index >= 15 is 0 Å². The Morgan fingerprint density at radius 2 is 1.90 bits per heavy atom. The van der Waals surface area contributed by atoms with E-state index in [2.05, 4.69) is 27.3 Å². The molecule has 2 rings (SSSR count). The number of hydrogen-bond donors (Lipinski definition) is 1. The molecule has 0 unspecified atom stereocenters. The van der Waals surface area contributed by atoms with E-state index in [1.807, 2.05) is 18.2 Å². The van der Waals surface area contributed by atoms with Crippen LogP contribution in [0.3, 0.4) is 0 Å². The first-order valence-corrected chi connectivity index (χ1v) is 6.93.